The number of carbonyl (C=O) groups excluding carboxylic acids is 2. The number of aliphatic hydroxyl groups excluding tert-OH is 1. The molecule has 1 aliphatic heterocycles. The van der Waals surface area contributed by atoms with E-state index in [1.165, 1.54) is 4.90 Å². The summed E-state index contributed by atoms with van der Waals surface area (Å²) in [5.74, 6) is 1.50. The van der Waals surface area contributed by atoms with E-state index < -0.39 is 0 Å². The van der Waals surface area contributed by atoms with Gasteiger partial charge in [0.1, 0.15) is 0 Å². The summed E-state index contributed by atoms with van der Waals surface area (Å²) in [7, 11) is 0. The Bertz CT molecular complexity index is 405. The lowest BCUT2D eigenvalue weighted by atomic mass is 9.75. The summed E-state index contributed by atoms with van der Waals surface area (Å²) in [6, 6.07) is 0. The smallest absolute Gasteiger partial charge is 0.237 e. The average Bonchev–Trinajstić information content (AvgIpc) is 2.40. The topological polar surface area (TPSA) is 57.6 Å². The number of carbonyl (C=O) groups is 2. The van der Waals surface area contributed by atoms with Gasteiger partial charge in [0.2, 0.25) is 11.8 Å². The molecule has 1 N–H and O–H groups in total. The second-order valence-corrected chi connectivity index (χ2v) is 4.00. The second-order valence-electron chi connectivity index (χ2n) is 4.00. The average molecular weight is 219 g/mol. The molecule has 1 aliphatic carbocycles. The molecule has 4 heteroatoms. The number of imide groups is 1. The van der Waals surface area contributed by atoms with Gasteiger partial charge in [0, 0.05) is 19.6 Å². The third-order valence-corrected chi connectivity index (χ3v) is 3.12. The molecule has 1 fully saturated rings. The van der Waals surface area contributed by atoms with Gasteiger partial charge in [-0.15, -0.1) is 12.3 Å². The summed E-state index contributed by atoms with van der Waals surface area (Å²) >= 11 is 0. The van der Waals surface area contributed by atoms with E-state index in [1.807, 2.05) is 0 Å². The number of rotatable bonds is 4. The minimum atomic E-state index is -0.322. The van der Waals surface area contributed by atoms with Crippen LogP contribution in [0, 0.1) is 24.2 Å². The Morgan fingerprint density at radius 1 is 1.44 bits per heavy atom. The summed E-state index contributed by atoms with van der Waals surface area (Å²) in [4.78, 5) is 24.9. The molecule has 0 aromatic carbocycles. The highest BCUT2D eigenvalue weighted by Gasteiger charge is 2.52. The van der Waals surface area contributed by atoms with Crippen molar-refractivity contribution in [2.45, 2.75) is 12.8 Å². The largest absolute Gasteiger partial charge is 0.396 e. The molecule has 1 heterocycles. The van der Waals surface area contributed by atoms with Crippen molar-refractivity contribution in [1.82, 2.24) is 4.90 Å². The highest BCUT2D eigenvalue weighted by atomic mass is 16.3. The maximum Gasteiger partial charge on any atom is 0.237 e. The van der Waals surface area contributed by atoms with E-state index in [0.29, 0.717) is 19.4 Å². The predicted octanol–water partition coefficient (Wildman–Crippen LogP) is -0.0667. The van der Waals surface area contributed by atoms with Gasteiger partial charge in [0.15, 0.2) is 0 Å². The Balaban J connectivity index is 2.08. The number of terminal acetylenes is 1. The van der Waals surface area contributed by atoms with E-state index in [4.69, 9.17) is 11.5 Å². The van der Waals surface area contributed by atoms with E-state index in [9.17, 15) is 9.59 Å². The van der Waals surface area contributed by atoms with Gasteiger partial charge in [0.25, 0.3) is 0 Å². The molecule has 0 radical (unpaired) electrons. The fourth-order valence-electron chi connectivity index (χ4n) is 2.29. The number of hydrogen-bond donors (Lipinski definition) is 1. The van der Waals surface area contributed by atoms with Gasteiger partial charge in [-0.3, -0.25) is 14.5 Å². The molecule has 0 saturated carbocycles. The fourth-order valence-corrected chi connectivity index (χ4v) is 2.29. The zero-order chi connectivity index (χ0) is 11.7. The van der Waals surface area contributed by atoms with Crippen molar-refractivity contribution in [1.29, 1.82) is 0 Å². The van der Waals surface area contributed by atoms with Crippen LogP contribution >= 0.6 is 0 Å². The molecule has 2 aliphatic rings. The molecule has 2 rings (SSSR count). The third-order valence-electron chi connectivity index (χ3n) is 3.12. The maximum atomic E-state index is 11.9. The Morgan fingerprint density at radius 3 is 2.81 bits per heavy atom. The summed E-state index contributed by atoms with van der Waals surface area (Å²) in [5, 5.41) is 8.80. The van der Waals surface area contributed by atoms with Crippen LogP contribution in [0.5, 0.6) is 0 Å². The summed E-state index contributed by atoms with van der Waals surface area (Å²) in [6.45, 7) is 0.322. The van der Waals surface area contributed by atoms with Gasteiger partial charge in [-0.1, -0.05) is 11.6 Å². The van der Waals surface area contributed by atoms with Crippen molar-refractivity contribution in [3.63, 3.8) is 0 Å². The Morgan fingerprint density at radius 2 is 2.19 bits per heavy atom. The Labute approximate surface area is 93.9 Å². The van der Waals surface area contributed by atoms with Crippen molar-refractivity contribution >= 4 is 11.8 Å². The molecule has 0 spiro atoms. The van der Waals surface area contributed by atoms with Crippen molar-refractivity contribution in [2.24, 2.45) is 11.8 Å². The fraction of sp³-hybridized carbons (Fsp3) is 0.500. The summed E-state index contributed by atoms with van der Waals surface area (Å²) < 4.78 is 0. The molecule has 0 bridgehead atoms. The van der Waals surface area contributed by atoms with Crippen LogP contribution in [-0.2, 0) is 9.59 Å². The van der Waals surface area contributed by atoms with Gasteiger partial charge in [0.05, 0.1) is 11.8 Å². The van der Waals surface area contributed by atoms with Gasteiger partial charge >= 0.3 is 0 Å². The van der Waals surface area contributed by atoms with Crippen LogP contribution in [0.3, 0.4) is 0 Å². The van der Waals surface area contributed by atoms with E-state index in [1.54, 1.807) is 6.08 Å². The van der Waals surface area contributed by atoms with Crippen LogP contribution < -0.4 is 0 Å². The van der Waals surface area contributed by atoms with E-state index >= 15 is 0 Å². The van der Waals surface area contributed by atoms with Gasteiger partial charge in [-0.25, -0.2) is 0 Å². The van der Waals surface area contributed by atoms with Gasteiger partial charge in [-0.2, -0.15) is 0 Å². The highest BCUT2D eigenvalue weighted by molar-refractivity contribution is 6.09. The minimum Gasteiger partial charge on any atom is -0.396 e. The van der Waals surface area contributed by atoms with Crippen LogP contribution in [0.15, 0.2) is 11.6 Å². The second kappa shape index (κ2) is 4.11. The van der Waals surface area contributed by atoms with Crippen LogP contribution in [0.1, 0.15) is 12.8 Å². The minimum absolute atomic E-state index is 0.0148. The van der Waals surface area contributed by atoms with E-state index in [0.717, 1.165) is 5.57 Å². The molecule has 0 unspecified atom stereocenters. The van der Waals surface area contributed by atoms with Crippen LogP contribution in [0.25, 0.3) is 0 Å². The molecule has 2 atom stereocenters. The Hall–Kier alpha value is -1.60. The summed E-state index contributed by atoms with van der Waals surface area (Å²) in [6.07, 6.45) is 7.77. The number of aliphatic hydroxyl groups is 1. The van der Waals surface area contributed by atoms with Crippen LogP contribution in [0.4, 0.5) is 0 Å². The normalized spacial score (nSPS) is 27.2. The lowest BCUT2D eigenvalue weighted by Crippen LogP contribution is -2.31. The molecule has 1 saturated heterocycles. The SMILES string of the molecule is C#CCCN1C(=O)[C@@H]2C(CCO)=C[C@@H]2C1=O. The van der Waals surface area contributed by atoms with Crippen molar-refractivity contribution in [2.75, 3.05) is 13.2 Å². The molecular formula is C12H13NO3. The summed E-state index contributed by atoms with van der Waals surface area (Å²) in [5.41, 5.74) is 0.883. The predicted molar refractivity (Wildman–Crippen MR) is 56.9 cm³/mol. The zero-order valence-electron chi connectivity index (χ0n) is 8.85. The monoisotopic (exact) mass is 219 g/mol. The van der Waals surface area contributed by atoms with Gasteiger partial charge < -0.3 is 5.11 Å². The van der Waals surface area contributed by atoms with Gasteiger partial charge in [-0.05, 0) is 6.42 Å². The zero-order valence-corrected chi connectivity index (χ0v) is 8.85. The first-order chi connectivity index (χ1) is 7.70. The molecule has 0 aromatic rings. The Kier molecular flexibility index (Phi) is 2.80. The molecule has 0 aromatic heterocycles. The third kappa shape index (κ3) is 1.44. The number of nitrogens with zero attached hydrogens (tertiary/aromatic N) is 1. The maximum absolute atomic E-state index is 11.9. The number of amides is 2. The first kappa shape index (κ1) is 10.9. The van der Waals surface area contributed by atoms with Crippen LogP contribution in [0.2, 0.25) is 0 Å². The number of fused-ring (bicyclic) bond motifs is 1. The van der Waals surface area contributed by atoms with Crippen molar-refractivity contribution in [3.8, 4) is 12.3 Å². The first-order valence-corrected chi connectivity index (χ1v) is 5.31. The van der Waals surface area contributed by atoms with Crippen LogP contribution in [-0.4, -0.2) is 35.0 Å². The molecule has 4 nitrogen and oxygen atoms in total. The molecule has 84 valence electrons. The molecular weight excluding hydrogens is 206 g/mol. The lowest BCUT2D eigenvalue weighted by Gasteiger charge is -2.25. The van der Waals surface area contributed by atoms with Crippen molar-refractivity contribution in [3.05, 3.63) is 11.6 Å². The highest BCUT2D eigenvalue weighted by Crippen LogP contribution is 2.42. The standard InChI is InChI=1S/C12H13NO3/c1-2-3-5-13-11(15)9-7-8(4-6-14)10(9)12(13)16/h1,7,9-10,14H,3-6H2/t9-,10+/m0/s1. The quantitative estimate of drug-likeness (QED) is 0.409. The molecule has 16 heavy (non-hydrogen) atoms. The van der Waals surface area contributed by atoms with Crippen molar-refractivity contribution < 1.29 is 14.7 Å². The lowest BCUT2D eigenvalue weighted by molar-refractivity contribution is -0.139. The number of hydrogen-bond acceptors (Lipinski definition) is 3. The van der Waals surface area contributed by atoms with E-state index in [-0.39, 0.29) is 30.3 Å². The number of likely N-dealkylation sites (tertiary alicyclic amines) is 1. The molecule has 2 amide bonds. The first-order valence-electron chi connectivity index (χ1n) is 5.31. The van der Waals surface area contributed by atoms with E-state index in [2.05, 4.69) is 5.92 Å².